The van der Waals surface area contributed by atoms with Gasteiger partial charge < -0.3 is 14.9 Å². The highest BCUT2D eigenvalue weighted by atomic mass is 16.5. The Morgan fingerprint density at radius 2 is 1.72 bits per heavy atom. The lowest BCUT2D eigenvalue weighted by atomic mass is 9.41. The zero-order chi connectivity index (χ0) is 26.6. The van der Waals surface area contributed by atoms with Crippen LogP contribution in [-0.4, -0.2) is 40.3 Å². The quantitative estimate of drug-likeness (QED) is 0.344. The van der Waals surface area contributed by atoms with Crippen molar-refractivity contribution in [3.8, 4) is 0 Å². The molecule has 0 saturated heterocycles. The van der Waals surface area contributed by atoms with Gasteiger partial charge in [-0.05, 0) is 104 Å². The van der Waals surface area contributed by atoms with Gasteiger partial charge in [-0.3, -0.25) is 9.59 Å². The van der Waals surface area contributed by atoms with Crippen molar-refractivity contribution in [3.63, 3.8) is 0 Å². The molecule has 0 unspecified atom stereocenters. The SMILES string of the molecule is C=C(C(=O)C[C@@H](C)[C@H]1CC[C@H]2[C@]3(O)CC[C@H]4[C@H](C)[C@@H](O)CC[C@]4(C)[C@H]3CC[C@]12COC(C)=O)C(C)C. The minimum Gasteiger partial charge on any atom is -0.465 e. The van der Waals surface area contributed by atoms with Crippen molar-refractivity contribution in [3.05, 3.63) is 12.2 Å². The maximum absolute atomic E-state index is 13.0. The third-order valence-electron chi connectivity index (χ3n) is 11.8. The number of aliphatic hydroxyl groups excluding tert-OH is 1. The maximum Gasteiger partial charge on any atom is 0.302 e. The lowest BCUT2D eigenvalue weighted by Crippen LogP contribution is -2.66. The van der Waals surface area contributed by atoms with Crippen molar-refractivity contribution in [2.45, 2.75) is 111 Å². The summed E-state index contributed by atoms with van der Waals surface area (Å²) in [5.41, 5.74) is -0.370. The monoisotopic (exact) mass is 502 g/mol. The van der Waals surface area contributed by atoms with E-state index in [4.69, 9.17) is 4.74 Å². The number of allylic oxidation sites excluding steroid dienone is 1. The number of esters is 1. The zero-order valence-corrected chi connectivity index (χ0v) is 23.5. The predicted octanol–water partition coefficient (Wildman–Crippen LogP) is 5.72. The molecule has 2 N–H and O–H groups in total. The molecule has 0 aliphatic heterocycles. The number of carbonyl (C=O) groups is 2. The van der Waals surface area contributed by atoms with Crippen molar-refractivity contribution in [1.29, 1.82) is 0 Å². The Labute approximate surface area is 218 Å². The number of ketones is 1. The van der Waals surface area contributed by atoms with Gasteiger partial charge in [-0.2, -0.15) is 0 Å². The second-order valence-corrected chi connectivity index (χ2v) is 13.7. The minimum absolute atomic E-state index is 0.0217. The summed E-state index contributed by atoms with van der Waals surface area (Å²) in [5.74, 6) is 1.34. The van der Waals surface area contributed by atoms with Crippen LogP contribution in [0.1, 0.15) is 99.3 Å². The van der Waals surface area contributed by atoms with Crippen LogP contribution < -0.4 is 0 Å². The molecule has 0 spiro atoms. The summed E-state index contributed by atoms with van der Waals surface area (Å²) >= 11 is 0. The van der Waals surface area contributed by atoms with Gasteiger partial charge in [-0.1, -0.05) is 41.2 Å². The van der Waals surface area contributed by atoms with Crippen LogP contribution in [0.3, 0.4) is 0 Å². The molecule has 204 valence electrons. The van der Waals surface area contributed by atoms with Gasteiger partial charge in [0, 0.05) is 18.8 Å². The van der Waals surface area contributed by atoms with E-state index in [9.17, 15) is 19.8 Å². The van der Waals surface area contributed by atoms with Gasteiger partial charge in [0.05, 0.1) is 18.3 Å². The smallest absolute Gasteiger partial charge is 0.302 e. The van der Waals surface area contributed by atoms with E-state index in [1.165, 1.54) is 6.92 Å². The summed E-state index contributed by atoms with van der Waals surface area (Å²) in [6.45, 7) is 16.6. The topological polar surface area (TPSA) is 83.8 Å². The van der Waals surface area contributed by atoms with E-state index in [0.29, 0.717) is 24.5 Å². The van der Waals surface area contributed by atoms with Crippen molar-refractivity contribution >= 4 is 11.8 Å². The van der Waals surface area contributed by atoms with E-state index < -0.39 is 5.60 Å². The molecule has 5 nitrogen and oxygen atoms in total. The van der Waals surface area contributed by atoms with E-state index in [1.54, 1.807) is 0 Å². The number of carbonyl (C=O) groups excluding carboxylic acids is 2. The van der Waals surface area contributed by atoms with Crippen molar-refractivity contribution in [2.75, 3.05) is 6.61 Å². The molecule has 0 amide bonds. The van der Waals surface area contributed by atoms with Crippen LogP contribution >= 0.6 is 0 Å². The molecule has 4 aliphatic carbocycles. The van der Waals surface area contributed by atoms with Crippen LogP contribution in [-0.2, 0) is 14.3 Å². The highest BCUT2D eigenvalue weighted by molar-refractivity contribution is 5.95. The van der Waals surface area contributed by atoms with E-state index in [0.717, 1.165) is 51.4 Å². The molecular formula is C31H50O5. The first-order chi connectivity index (χ1) is 16.8. The van der Waals surface area contributed by atoms with Gasteiger partial charge in [0.15, 0.2) is 5.78 Å². The summed E-state index contributed by atoms with van der Waals surface area (Å²) in [6, 6.07) is 0. The Bertz CT molecular complexity index is 880. The third-order valence-corrected chi connectivity index (χ3v) is 11.8. The fraction of sp³-hybridized carbons (Fsp3) is 0.871. The first kappa shape index (κ1) is 27.8. The highest BCUT2D eigenvalue weighted by Gasteiger charge is 2.69. The summed E-state index contributed by atoms with van der Waals surface area (Å²) in [6.07, 6.45) is 7.41. The summed E-state index contributed by atoms with van der Waals surface area (Å²) in [7, 11) is 0. The fourth-order valence-corrected chi connectivity index (χ4v) is 9.88. The molecule has 0 aromatic carbocycles. The first-order valence-electron chi connectivity index (χ1n) is 14.5. The lowest BCUT2D eigenvalue weighted by molar-refractivity contribution is -0.244. The molecule has 0 aromatic rings. The number of aliphatic hydroxyl groups is 2. The fourth-order valence-electron chi connectivity index (χ4n) is 9.88. The highest BCUT2D eigenvalue weighted by Crippen LogP contribution is 2.70. The van der Waals surface area contributed by atoms with Gasteiger partial charge in [0.25, 0.3) is 0 Å². The van der Waals surface area contributed by atoms with Gasteiger partial charge in [-0.15, -0.1) is 0 Å². The Hall–Kier alpha value is -1.20. The second-order valence-electron chi connectivity index (χ2n) is 13.7. The Morgan fingerprint density at radius 1 is 1.03 bits per heavy atom. The number of hydrogen-bond acceptors (Lipinski definition) is 5. The molecule has 0 aromatic heterocycles. The molecule has 4 fully saturated rings. The zero-order valence-electron chi connectivity index (χ0n) is 23.5. The standard InChI is InChI=1S/C31H50O5/c1-18(2)20(4)26(34)16-19(3)23-8-9-28-30(23,17-36-22(6)32)14-12-27-29(7)13-11-25(33)21(5)24(29)10-15-31(27,28)35/h18-19,21,23-25,27-28,33,35H,4,8-17H2,1-3,5-7H3/t19-,21+,23-,24+,25+,27-,28-,29+,30+,31+/m1/s1. The van der Waals surface area contributed by atoms with Crippen LogP contribution in [0.25, 0.3) is 0 Å². The van der Waals surface area contributed by atoms with Crippen molar-refractivity contribution < 1.29 is 24.5 Å². The second kappa shape index (κ2) is 9.84. The van der Waals surface area contributed by atoms with Gasteiger partial charge in [0.2, 0.25) is 0 Å². The summed E-state index contributed by atoms with van der Waals surface area (Å²) < 4.78 is 5.76. The Balaban J connectivity index is 1.65. The Morgan fingerprint density at radius 3 is 2.36 bits per heavy atom. The van der Waals surface area contributed by atoms with Gasteiger partial charge in [0.1, 0.15) is 0 Å². The average Bonchev–Trinajstić information content (AvgIpc) is 3.20. The molecular weight excluding hydrogens is 452 g/mol. The van der Waals surface area contributed by atoms with Crippen LogP contribution in [0.2, 0.25) is 0 Å². The number of fused-ring (bicyclic) bond motifs is 5. The van der Waals surface area contributed by atoms with Crippen LogP contribution in [0.15, 0.2) is 12.2 Å². The molecule has 4 saturated carbocycles. The van der Waals surface area contributed by atoms with Gasteiger partial charge in [-0.25, -0.2) is 0 Å². The van der Waals surface area contributed by atoms with Crippen molar-refractivity contribution in [1.82, 2.24) is 0 Å². The third kappa shape index (κ3) is 4.30. The average molecular weight is 503 g/mol. The molecule has 5 heteroatoms. The van der Waals surface area contributed by atoms with E-state index in [-0.39, 0.29) is 64.2 Å². The number of Topliss-reactive ketones (excluding diaryl/α,β-unsaturated/α-hetero) is 1. The summed E-state index contributed by atoms with van der Waals surface area (Å²) in [5, 5.41) is 23.2. The normalized spacial score (nSPS) is 44.8. The van der Waals surface area contributed by atoms with E-state index in [2.05, 4.69) is 27.4 Å². The minimum atomic E-state index is -0.786. The summed E-state index contributed by atoms with van der Waals surface area (Å²) in [4.78, 5) is 25.0. The number of hydrogen-bond donors (Lipinski definition) is 2. The van der Waals surface area contributed by atoms with Crippen molar-refractivity contribution in [2.24, 2.45) is 52.3 Å². The molecule has 10 atom stereocenters. The molecule has 0 radical (unpaired) electrons. The van der Waals surface area contributed by atoms with E-state index >= 15 is 0 Å². The first-order valence-corrected chi connectivity index (χ1v) is 14.5. The maximum atomic E-state index is 13.0. The largest absolute Gasteiger partial charge is 0.465 e. The molecule has 4 rings (SSSR count). The molecule has 36 heavy (non-hydrogen) atoms. The van der Waals surface area contributed by atoms with Crippen LogP contribution in [0.5, 0.6) is 0 Å². The lowest BCUT2D eigenvalue weighted by Gasteiger charge is -2.66. The van der Waals surface area contributed by atoms with Gasteiger partial charge >= 0.3 is 5.97 Å². The van der Waals surface area contributed by atoms with Crippen LogP contribution in [0, 0.1) is 52.3 Å². The predicted molar refractivity (Wildman–Crippen MR) is 141 cm³/mol. The van der Waals surface area contributed by atoms with Crippen LogP contribution in [0.4, 0.5) is 0 Å². The number of rotatable bonds is 7. The Kier molecular flexibility index (Phi) is 7.60. The molecule has 0 bridgehead atoms. The molecule has 0 heterocycles. The van der Waals surface area contributed by atoms with E-state index in [1.807, 2.05) is 13.8 Å². The molecule has 4 aliphatic rings. The number of ether oxygens (including phenoxy) is 1.